The highest BCUT2D eigenvalue weighted by atomic mass is 16.6. The van der Waals surface area contributed by atoms with Crippen LogP contribution in [0.2, 0.25) is 0 Å². The zero-order valence-electron chi connectivity index (χ0n) is 16.9. The van der Waals surface area contributed by atoms with Gasteiger partial charge in [0.05, 0.1) is 16.2 Å². The number of nitrogens with one attached hydrogen (secondary N) is 1. The Labute approximate surface area is 178 Å². The first kappa shape index (κ1) is 21.4. The first-order chi connectivity index (χ1) is 14.9. The number of hydrogen-bond donors (Lipinski definition) is 2. The number of nitrogens with zero attached hydrogens (tertiary/aromatic N) is 2. The van der Waals surface area contributed by atoms with Crippen LogP contribution in [0.3, 0.4) is 0 Å². The van der Waals surface area contributed by atoms with Gasteiger partial charge in [-0.25, -0.2) is 0 Å². The van der Waals surface area contributed by atoms with E-state index in [-0.39, 0.29) is 17.0 Å². The molecule has 0 aliphatic rings. The molecule has 1 aromatic heterocycles. The largest absolute Gasteiger partial charge is 0.481 e. The van der Waals surface area contributed by atoms with Crippen molar-refractivity contribution in [1.29, 1.82) is 5.41 Å². The molecule has 0 saturated carbocycles. The van der Waals surface area contributed by atoms with Crippen LogP contribution in [-0.2, 0) is 4.79 Å². The van der Waals surface area contributed by atoms with Crippen LogP contribution in [0.25, 0.3) is 16.6 Å². The Morgan fingerprint density at radius 1 is 1.00 bits per heavy atom. The number of aliphatic carboxylic acids is 1. The van der Waals surface area contributed by atoms with Crippen molar-refractivity contribution < 1.29 is 14.8 Å². The standard InChI is InChI=1S/C21H15N3O2.C3H6O2/c22-21(15-8-2-1-3-9-15)17-14-23(18-11-5-4-10-16(17)18)19-12-6-7-13-20(19)24(25)26;1-2-3(4)5/h1-14,22H;2H2,1H3,(H,4,5). The fourth-order valence-corrected chi connectivity index (χ4v) is 3.16. The molecule has 0 atom stereocenters. The van der Waals surface area contributed by atoms with E-state index >= 15 is 0 Å². The van der Waals surface area contributed by atoms with Gasteiger partial charge in [-0.15, -0.1) is 0 Å². The van der Waals surface area contributed by atoms with Crippen molar-refractivity contribution in [3.8, 4) is 5.69 Å². The summed E-state index contributed by atoms with van der Waals surface area (Å²) in [6, 6.07) is 23.8. The van der Waals surface area contributed by atoms with Gasteiger partial charge in [-0.3, -0.25) is 20.3 Å². The molecule has 0 aliphatic heterocycles. The molecular weight excluding hydrogens is 394 g/mol. The Morgan fingerprint density at radius 2 is 1.58 bits per heavy atom. The number of aromatic nitrogens is 1. The highest BCUT2D eigenvalue weighted by Crippen LogP contribution is 2.30. The van der Waals surface area contributed by atoms with E-state index in [1.54, 1.807) is 29.7 Å². The molecule has 0 fully saturated rings. The summed E-state index contributed by atoms with van der Waals surface area (Å²) >= 11 is 0. The minimum atomic E-state index is -0.745. The summed E-state index contributed by atoms with van der Waals surface area (Å²) < 4.78 is 1.79. The summed E-state index contributed by atoms with van der Waals surface area (Å²) in [6.45, 7) is 1.60. The van der Waals surface area contributed by atoms with E-state index in [9.17, 15) is 14.9 Å². The fraction of sp³-hybridized carbons (Fsp3) is 0.0833. The third-order valence-corrected chi connectivity index (χ3v) is 4.68. The van der Waals surface area contributed by atoms with Crippen LogP contribution in [0.1, 0.15) is 24.5 Å². The monoisotopic (exact) mass is 415 g/mol. The molecule has 0 bridgehead atoms. The summed E-state index contributed by atoms with van der Waals surface area (Å²) in [4.78, 5) is 20.4. The first-order valence-corrected chi connectivity index (χ1v) is 9.64. The number of rotatable bonds is 5. The molecule has 4 rings (SSSR count). The quantitative estimate of drug-likeness (QED) is 0.257. The predicted octanol–water partition coefficient (Wildman–Crippen LogP) is 5.44. The van der Waals surface area contributed by atoms with Crippen molar-refractivity contribution in [2.75, 3.05) is 0 Å². The third-order valence-electron chi connectivity index (χ3n) is 4.68. The van der Waals surface area contributed by atoms with Gasteiger partial charge in [0.25, 0.3) is 5.69 Å². The molecule has 0 amide bonds. The van der Waals surface area contributed by atoms with E-state index in [1.807, 2.05) is 60.8 Å². The maximum atomic E-state index is 11.4. The maximum Gasteiger partial charge on any atom is 0.303 e. The molecule has 0 radical (unpaired) electrons. The van der Waals surface area contributed by atoms with Gasteiger partial charge in [-0.05, 0) is 12.1 Å². The van der Waals surface area contributed by atoms with Crippen molar-refractivity contribution in [2.45, 2.75) is 13.3 Å². The second-order valence-corrected chi connectivity index (χ2v) is 6.66. The van der Waals surface area contributed by atoms with Crippen molar-refractivity contribution >= 4 is 28.3 Å². The van der Waals surface area contributed by atoms with Crippen LogP contribution in [0.15, 0.2) is 85.1 Å². The van der Waals surface area contributed by atoms with Crippen LogP contribution in [0, 0.1) is 15.5 Å². The van der Waals surface area contributed by atoms with Crippen LogP contribution in [0.5, 0.6) is 0 Å². The van der Waals surface area contributed by atoms with Gasteiger partial charge in [0, 0.05) is 35.2 Å². The zero-order chi connectivity index (χ0) is 22.4. The highest BCUT2D eigenvalue weighted by molar-refractivity contribution is 6.18. The molecule has 4 aromatic rings. The fourth-order valence-electron chi connectivity index (χ4n) is 3.16. The number of benzene rings is 3. The summed E-state index contributed by atoms with van der Waals surface area (Å²) in [7, 11) is 0. The normalized spacial score (nSPS) is 10.2. The lowest BCUT2D eigenvalue weighted by Crippen LogP contribution is -2.01. The van der Waals surface area contributed by atoms with Gasteiger partial charge < -0.3 is 9.67 Å². The average molecular weight is 415 g/mol. The van der Waals surface area contributed by atoms with E-state index in [1.165, 1.54) is 6.07 Å². The topological polar surface area (TPSA) is 109 Å². The lowest BCUT2D eigenvalue weighted by molar-refractivity contribution is -0.384. The molecule has 7 heteroatoms. The Kier molecular flexibility index (Phi) is 6.57. The molecule has 7 nitrogen and oxygen atoms in total. The molecule has 0 unspecified atom stereocenters. The number of nitro groups is 1. The Morgan fingerprint density at radius 3 is 2.23 bits per heavy atom. The maximum absolute atomic E-state index is 11.4. The van der Waals surface area contributed by atoms with Gasteiger partial charge in [0.2, 0.25) is 0 Å². The number of nitro benzene ring substituents is 1. The Bertz CT molecular complexity index is 1250. The molecule has 1 heterocycles. The first-order valence-electron chi connectivity index (χ1n) is 9.64. The second-order valence-electron chi connectivity index (χ2n) is 6.66. The number of fused-ring (bicyclic) bond motifs is 1. The summed E-state index contributed by atoms with van der Waals surface area (Å²) in [5.41, 5.74) is 3.28. The third kappa shape index (κ3) is 4.67. The number of carboxylic acid groups (broad SMARTS) is 1. The Balaban J connectivity index is 0.000000491. The summed E-state index contributed by atoms with van der Waals surface area (Å²) in [5.74, 6) is -0.745. The highest BCUT2D eigenvalue weighted by Gasteiger charge is 2.19. The summed E-state index contributed by atoms with van der Waals surface area (Å²) in [5, 5.41) is 28.7. The van der Waals surface area contributed by atoms with Crippen LogP contribution >= 0.6 is 0 Å². The molecular formula is C24H21N3O4. The van der Waals surface area contributed by atoms with E-state index in [0.717, 1.165) is 22.0 Å². The average Bonchev–Trinajstić information content (AvgIpc) is 3.19. The Hall–Kier alpha value is -4.26. The number of hydrogen-bond acceptors (Lipinski definition) is 4. The van der Waals surface area contributed by atoms with Crippen LogP contribution < -0.4 is 0 Å². The zero-order valence-corrected chi connectivity index (χ0v) is 16.9. The predicted molar refractivity (Wildman–Crippen MR) is 120 cm³/mol. The second kappa shape index (κ2) is 9.49. The SMILES string of the molecule is CCC(=O)O.N=C(c1ccccc1)c1cn(-c2ccccc2[N+](=O)[O-])c2ccccc12. The van der Waals surface area contributed by atoms with Crippen LogP contribution in [-0.4, -0.2) is 26.3 Å². The van der Waals surface area contributed by atoms with Gasteiger partial charge in [-0.2, -0.15) is 0 Å². The molecule has 0 aliphatic carbocycles. The molecule has 156 valence electrons. The van der Waals surface area contributed by atoms with Crippen LogP contribution in [0.4, 0.5) is 5.69 Å². The number of para-hydroxylation sites is 3. The van der Waals surface area contributed by atoms with E-state index < -0.39 is 5.97 Å². The van der Waals surface area contributed by atoms with Gasteiger partial charge >= 0.3 is 5.97 Å². The van der Waals surface area contributed by atoms with Crippen molar-refractivity contribution in [3.63, 3.8) is 0 Å². The van der Waals surface area contributed by atoms with Gasteiger partial charge in [-0.1, -0.05) is 67.6 Å². The molecule has 31 heavy (non-hydrogen) atoms. The van der Waals surface area contributed by atoms with E-state index in [0.29, 0.717) is 11.4 Å². The lowest BCUT2D eigenvalue weighted by Gasteiger charge is -2.05. The number of carboxylic acids is 1. The van der Waals surface area contributed by atoms with Gasteiger partial charge in [0.1, 0.15) is 5.69 Å². The minimum absolute atomic E-state index is 0.0334. The van der Waals surface area contributed by atoms with E-state index in [2.05, 4.69) is 0 Å². The minimum Gasteiger partial charge on any atom is -0.481 e. The lowest BCUT2D eigenvalue weighted by atomic mass is 10.0. The smallest absolute Gasteiger partial charge is 0.303 e. The molecule has 0 spiro atoms. The molecule has 0 saturated heterocycles. The van der Waals surface area contributed by atoms with E-state index in [4.69, 9.17) is 10.5 Å². The summed E-state index contributed by atoms with van der Waals surface area (Å²) in [6.07, 6.45) is 2.03. The molecule has 2 N–H and O–H groups in total. The van der Waals surface area contributed by atoms with Crippen molar-refractivity contribution in [3.05, 3.63) is 106 Å². The number of carbonyl (C=O) groups is 1. The van der Waals surface area contributed by atoms with Crippen molar-refractivity contribution in [2.24, 2.45) is 0 Å². The van der Waals surface area contributed by atoms with Gasteiger partial charge in [0.15, 0.2) is 0 Å². The van der Waals surface area contributed by atoms with Crippen molar-refractivity contribution in [1.82, 2.24) is 4.57 Å². The molecule has 3 aromatic carbocycles.